The Hall–Kier alpha value is -4.03. The molecule has 0 fully saturated rings. The van der Waals surface area contributed by atoms with Gasteiger partial charge in [0.05, 0.1) is 24.3 Å². The summed E-state index contributed by atoms with van der Waals surface area (Å²) in [5, 5.41) is 27.2. The van der Waals surface area contributed by atoms with Crippen molar-refractivity contribution < 1.29 is 46.5 Å². The molecule has 2 amide bonds. The predicted octanol–water partition coefficient (Wildman–Crippen LogP) is 5.20. The van der Waals surface area contributed by atoms with Gasteiger partial charge in [-0.25, -0.2) is 26.7 Å². The lowest BCUT2D eigenvalue weighted by Crippen LogP contribution is -2.48. The number of hydrogen-bond acceptors (Lipinski definition) is 5. The van der Waals surface area contributed by atoms with Gasteiger partial charge in [-0.15, -0.1) is 0 Å². The second-order valence-corrected chi connectivity index (χ2v) is 12.2. The van der Waals surface area contributed by atoms with Crippen LogP contribution in [0.25, 0.3) is 0 Å². The minimum absolute atomic E-state index is 0.0484. The average Bonchev–Trinajstić information content (AvgIpc) is 3.30. The van der Waals surface area contributed by atoms with Gasteiger partial charge in [0, 0.05) is 17.9 Å². The van der Waals surface area contributed by atoms with E-state index in [2.05, 4.69) is 10.6 Å². The lowest BCUT2D eigenvalue weighted by atomic mass is 9.88. The van der Waals surface area contributed by atoms with Crippen molar-refractivity contribution in [1.29, 1.82) is 0 Å². The van der Waals surface area contributed by atoms with E-state index in [-0.39, 0.29) is 12.8 Å². The lowest BCUT2D eigenvalue weighted by Gasteiger charge is -2.30. The number of alkyl carbamates (subject to hydrolysis) is 1. The molecular weight excluding hydrogens is 599 g/mol. The molecule has 3 aromatic rings. The van der Waals surface area contributed by atoms with Gasteiger partial charge in [-0.05, 0) is 56.7 Å². The molecular formula is C33H35F5N2O5. The fourth-order valence-corrected chi connectivity index (χ4v) is 5.44. The Morgan fingerprint density at radius 1 is 0.889 bits per heavy atom. The highest BCUT2D eigenvalue weighted by Crippen LogP contribution is 2.33. The molecule has 0 saturated carbocycles. The summed E-state index contributed by atoms with van der Waals surface area (Å²) in [4.78, 5) is 26.4. The summed E-state index contributed by atoms with van der Waals surface area (Å²) >= 11 is 0. The number of carbonyl (C=O) groups is 2. The number of hydrogen-bond donors (Lipinski definition) is 4. The number of amides is 2. The fraction of sp³-hybridized carbons (Fsp3) is 0.394. The first-order valence-electron chi connectivity index (χ1n) is 14.4. The molecule has 4 rings (SSSR count). The largest absolute Gasteiger partial charge is 0.444 e. The minimum Gasteiger partial charge on any atom is -0.444 e. The molecule has 0 heterocycles. The van der Waals surface area contributed by atoms with Crippen molar-refractivity contribution in [3.8, 4) is 0 Å². The van der Waals surface area contributed by atoms with E-state index in [1.165, 1.54) is 0 Å². The van der Waals surface area contributed by atoms with Gasteiger partial charge in [0.15, 0.2) is 23.3 Å². The molecule has 4 N–H and O–H groups in total. The molecule has 3 aromatic carbocycles. The number of aliphatic hydroxyl groups excluding tert-OH is 2. The normalized spacial score (nSPS) is 18.1. The van der Waals surface area contributed by atoms with Crippen LogP contribution in [0.3, 0.4) is 0 Å². The Bertz CT molecular complexity index is 1500. The van der Waals surface area contributed by atoms with Crippen molar-refractivity contribution in [1.82, 2.24) is 10.6 Å². The van der Waals surface area contributed by atoms with Crippen LogP contribution in [0.1, 0.15) is 55.5 Å². The molecule has 242 valence electrons. The monoisotopic (exact) mass is 634 g/mol. The third-order valence-corrected chi connectivity index (χ3v) is 7.61. The second kappa shape index (κ2) is 13.9. The predicted molar refractivity (Wildman–Crippen MR) is 154 cm³/mol. The average molecular weight is 635 g/mol. The van der Waals surface area contributed by atoms with Crippen LogP contribution >= 0.6 is 0 Å². The van der Waals surface area contributed by atoms with Crippen molar-refractivity contribution in [3.05, 3.63) is 106 Å². The van der Waals surface area contributed by atoms with E-state index < -0.39 is 95.3 Å². The van der Waals surface area contributed by atoms with Crippen molar-refractivity contribution in [2.24, 2.45) is 5.92 Å². The molecule has 0 aromatic heterocycles. The van der Waals surface area contributed by atoms with Crippen molar-refractivity contribution in [2.45, 2.75) is 76.3 Å². The summed E-state index contributed by atoms with van der Waals surface area (Å²) in [6.45, 7) is 4.90. The maximum absolute atomic E-state index is 14.8. The first-order valence-corrected chi connectivity index (χ1v) is 14.4. The van der Waals surface area contributed by atoms with E-state index in [1.807, 2.05) is 0 Å². The van der Waals surface area contributed by atoms with Gasteiger partial charge in [-0.2, -0.15) is 0 Å². The summed E-state index contributed by atoms with van der Waals surface area (Å²) in [5.41, 5.74) is -0.0766. The summed E-state index contributed by atoms with van der Waals surface area (Å²) in [6, 6.07) is 13.6. The van der Waals surface area contributed by atoms with Crippen molar-refractivity contribution >= 4 is 12.0 Å². The zero-order chi connectivity index (χ0) is 33.1. The van der Waals surface area contributed by atoms with Gasteiger partial charge < -0.3 is 25.6 Å². The van der Waals surface area contributed by atoms with Gasteiger partial charge in [-0.3, -0.25) is 4.79 Å². The zero-order valence-corrected chi connectivity index (χ0v) is 24.9. The first kappa shape index (κ1) is 33.9. The molecule has 45 heavy (non-hydrogen) atoms. The summed E-state index contributed by atoms with van der Waals surface area (Å²) in [7, 11) is 0. The number of carbonyl (C=O) groups excluding carboxylic acids is 2. The number of benzene rings is 3. The molecule has 0 aliphatic heterocycles. The van der Waals surface area contributed by atoms with Crippen LogP contribution < -0.4 is 10.6 Å². The van der Waals surface area contributed by atoms with E-state index in [0.29, 0.717) is 11.1 Å². The Labute approximate surface area is 257 Å². The van der Waals surface area contributed by atoms with Crippen LogP contribution in [-0.2, 0) is 28.8 Å². The quantitative estimate of drug-likeness (QED) is 0.139. The summed E-state index contributed by atoms with van der Waals surface area (Å²) in [6.07, 6.45) is -4.78. The molecule has 0 radical (unpaired) electrons. The van der Waals surface area contributed by atoms with Crippen LogP contribution in [0.15, 0.2) is 54.6 Å². The molecule has 5 atom stereocenters. The van der Waals surface area contributed by atoms with E-state index in [9.17, 15) is 41.8 Å². The Kier molecular flexibility index (Phi) is 10.5. The second-order valence-electron chi connectivity index (χ2n) is 12.2. The zero-order valence-electron chi connectivity index (χ0n) is 24.9. The Balaban J connectivity index is 1.66. The SMILES string of the molecule is CC(C)(C)OC(=O)N[C@@H](Cc1ccccc1)[C@@H](O)C[C@@H](Cc1c(F)c(F)c(F)c(F)c1F)C(=O)N[C@H]1c2ccccc2C[C@H]1O. The molecule has 0 bridgehead atoms. The number of nitrogens with one attached hydrogen (secondary N) is 2. The molecule has 0 saturated heterocycles. The number of fused-ring (bicyclic) bond motifs is 1. The molecule has 12 heteroatoms. The van der Waals surface area contributed by atoms with Crippen molar-refractivity contribution in [3.63, 3.8) is 0 Å². The lowest BCUT2D eigenvalue weighted by molar-refractivity contribution is -0.127. The van der Waals surface area contributed by atoms with Crippen LogP contribution in [0, 0.1) is 35.0 Å². The fourth-order valence-electron chi connectivity index (χ4n) is 5.44. The van der Waals surface area contributed by atoms with Crippen LogP contribution in [0.4, 0.5) is 26.7 Å². The number of rotatable bonds is 10. The number of aliphatic hydroxyl groups is 2. The first-order chi connectivity index (χ1) is 21.2. The van der Waals surface area contributed by atoms with Gasteiger partial charge >= 0.3 is 6.09 Å². The number of ether oxygens (including phenoxy) is 1. The molecule has 0 unspecified atom stereocenters. The van der Waals surface area contributed by atoms with Crippen LogP contribution in [0.5, 0.6) is 0 Å². The highest BCUT2D eigenvalue weighted by Gasteiger charge is 2.37. The van der Waals surface area contributed by atoms with Gasteiger partial charge in [-0.1, -0.05) is 54.6 Å². The van der Waals surface area contributed by atoms with Gasteiger partial charge in [0.2, 0.25) is 11.7 Å². The highest BCUT2D eigenvalue weighted by molar-refractivity contribution is 5.80. The maximum atomic E-state index is 14.8. The molecule has 1 aliphatic carbocycles. The van der Waals surface area contributed by atoms with E-state index >= 15 is 0 Å². The molecule has 7 nitrogen and oxygen atoms in total. The maximum Gasteiger partial charge on any atom is 0.407 e. The summed E-state index contributed by atoms with van der Waals surface area (Å²) in [5.74, 6) is -13.4. The topological polar surface area (TPSA) is 108 Å². The summed E-state index contributed by atoms with van der Waals surface area (Å²) < 4.78 is 76.9. The van der Waals surface area contributed by atoms with Gasteiger partial charge in [0.25, 0.3) is 0 Å². The number of halogens is 5. The smallest absolute Gasteiger partial charge is 0.407 e. The third kappa shape index (κ3) is 8.17. The van der Waals surface area contributed by atoms with E-state index in [1.54, 1.807) is 75.4 Å². The molecule has 1 aliphatic rings. The van der Waals surface area contributed by atoms with E-state index in [4.69, 9.17) is 4.74 Å². The third-order valence-electron chi connectivity index (χ3n) is 7.61. The highest BCUT2D eigenvalue weighted by atomic mass is 19.2. The van der Waals surface area contributed by atoms with Crippen LogP contribution in [-0.4, -0.2) is 46.1 Å². The minimum atomic E-state index is -2.34. The standard InChI is InChI=1S/C33H35F5N2O5/c1-33(2,3)45-32(44)39-22(13-17-9-5-4-6-10-17)23(41)16-19(14-21-25(34)27(36)29(38)28(37)26(21)35)31(43)40-30-20-12-8-7-11-18(20)15-24(30)42/h4-12,19,22-24,30,41-42H,13-16H2,1-3H3,(H,39,44)(H,40,43)/t19-,22+,23+,24-,30+/m1/s1. The Morgan fingerprint density at radius 3 is 2.09 bits per heavy atom. The molecule has 0 spiro atoms. The van der Waals surface area contributed by atoms with Crippen LogP contribution in [0.2, 0.25) is 0 Å². The van der Waals surface area contributed by atoms with E-state index in [0.717, 1.165) is 5.56 Å². The van der Waals surface area contributed by atoms with Crippen molar-refractivity contribution in [2.75, 3.05) is 0 Å². The Morgan fingerprint density at radius 2 is 1.47 bits per heavy atom. The van der Waals surface area contributed by atoms with Gasteiger partial charge in [0.1, 0.15) is 5.60 Å².